The third-order valence-electron chi connectivity index (χ3n) is 3.49. The fourth-order valence-corrected chi connectivity index (χ4v) is 2.15. The number of hydrogen-bond donors (Lipinski definition) is 0. The van der Waals surface area contributed by atoms with Crippen molar-refractivity contribution >= 4 is 0 Å². The lowest BCUT2D eigenvalue weighted by molar-refractivity contribution is 0.234. The highest BCUT2D eigenvalue weighted by atomic mass is 19.1. The van der Waals surface area contributed by atoms with Crippen LogP contribution in [0.25, 0.3) is 11.4 Å². The summed E-state index contributed by atoms with van der Waals surface area (Å²) in [5.74, 6) is 1.01. The second-order valence-corrected chi connectivity index (χ2v) is 5.51. The number of aromatic nitrogens is 2. The van der Waals surface area contributed by atoms with Gasteiger partial charge in [0.15, 0.2) is 18.2 Å². The smallest absolute Gasteiger partial charge is 0.264 e. The molecule has 3 aromatic rings. The van der Waals surface area contributed by atoms with E-state index >= 15 is 0 Å². The van der Waals surface area contributed by atoms with E-state index in [9.17, 15) is 4.39 Å². The molecular formula is C18H17FN2O2. The summed E-state index contributed by atoms with van der Waals surface area (Å²) in [6.07, 6.45) is 0. The van der Waals surface area contributed by atoms with Gasteiger partial charge in [0, 0.05) is 5.56 Å². The summed E-state index contributed by atoms with van der Waals surface area (Å²) in [5.41, 5.74) is 2.12. The van der Waals surface area contributed by atoms with E-state index in [1.165, 1.54) is 11.6 Å². The van der Waals surface area contributed by atoms with Crippen molar-refractivity contribution in [3.05, 3.63) is 65.8 Å². The lowest BCUT2D eigenvalue weighted by atomic mass is 10.0. The van der Waals surface area contributed by atoms with Crippen LogP contribution < -0.4 is 4.74 Å². The summed E-state index contributed by atoms with van der Waals surface area (Å²) in [6, 6.07) is 14.2. The number of halogens is 1. The van der Waals surface area contributed by atoms with Crippen LogP contribution >= 0.6 is 0 Å². The van der Waals surface area contributed by atoms with Crippen LogP contribution in [-0.2, 0) is 6.61 Å². The first-order valence-electron chi connectivity index (χ1n) is 7.43. The van der Waals surface area contributed by atoms with Crippen LogP contribution in [0, 0.1) is 5.82 Å². The van der Waals surface area contributed by atoms with Gasteiger partial charge in [-0.05, 0) is 23.6 Å². The molecule has 0 spiro atoms. The Morgan fingerprint density at radius 2 is 1.83 bits per heavy atom. The van der Waals surface area contributed by atoms with E-state index in [2.05, 4.69) is 24.0 Å². The van der Waals surface area contributed by atoms with Gasteiger partial charge in [-0.25, -0.2) is 4.39 Å². The van der Waals surface area contributed by atoms with Crippen molar-refractivity contribution in [2.24, 2.45) is 0 Å². The van der Waals surface area contributed by atoms with Gasteiger partial charge in [0.2, 0.25) is 5.82 Å². The van der Waals surface area contributed by atoms with E-state index in [1.807, 2.05) is 24.3 Å². The van der Waals surface area contributed by atoms with E-state index in [1.54, 1.807) is 18.2 Å². The summed E-state index contributed by atoms with van der Waals surface area (Å²) in [6.45, 7) is 4.31. The van der Waals surface area contributed by atoms with Crippen LogP contribution in [0.2, 0.25) is 0 Å². The average molecular weight is 312 g/mol. The van der Waals surface area contributed by atoms with Crippen LogP contribution in [0.4, 0.5) is 4.39 Å². The molecule has 0 bridgehead atoms. The molecule has 0 N–H and O–H groups in total. The van der Waals surface area contributed by atoms with Crippen LogP contribution in [0.15, 0.2) is 53.1 Å². The zero-order valence-electron chi connectivity index (χ0n) is 13.0. The monoisotopic (exact) mass is 312 g/mol. The van der Waals surface area contributed by atoms with E-state index in [0.29, 0.717) is 17.6 Å². The first kappa shape index (κ1) is 15.2. The van der Waals surface area contributed by atoms with Gasteiger partial charge < -0.3 is 9.26 Å². The number of benzene rings is 2. The Hall–Kier alpha value is -2.69. The van der Waals surface area contributed by atoms with Crippen LogP contribution in [-0.4, -0.2) is 10.1 Å². The maximum absolute atomic E-state index is 13.5. The third kappa shape index (κ3) is 3.56. The van der Waals surface area contributed by atoms with E-state index < -0.39 is 5.82 Å². The minimum atomic E-state index is -0.420. The van der Waals surface area contributed by atoms with Crippen molar-refractivity contribution in [1.29, 1.82) is 0 Å². The molecule has 5 heteroatoms. The zero-order chi connectivity index (χ0) is 16.2. The molecule has 0 atom stereocenters. The van der Waals surface area contributed by atoms with Crippen molar-refractivity contribution < 1.29 is 13.7 Å². The maximum atomic E-state index is 13.5. The number of ether oxygens (including phenoxy) is 1. The fraction of sp³-hybridized carbons (Fsp3) is 0.222. The highest BCUT2D eigenvalue weighted by Crippen LogP contribution is 2.21. The van der Waals surface area contributed by atoms with Crippen LogP contribution in [0.3, 0.4) is 0 Å². The number of rotatable bonds is 5. The molecule has 0 aliphatic carbocycles. The lowest BCUT2D eigenvalue weighted by Crippen LogP contribution is -1.97. The van der Waals surface area contributed by atoms with Crippen molar-refractivity contribution in [2.75, 3.05) is 0 Å². The Balaban J connectivity index is 1.69. The van der Waals surface area contributed by atoms with Gasteiger partial charge in [-0.15, -0.1) is 0 Å². The van der Waals surface area contributed by atoms with Gasteiger partial charge in [-0.3, -0.25) is 0 Å². The highest BCUT2D eigenvalue weighted by molar-refractivity contribution is 5.54. The summed E-state index contributed by atoms with van der Waals surface area (Å²) >= 11 is 0. The molecule has 0 saturated carbocycles. The first-order valence-corrected chi connectivity index (χ1v) is 7.43. The molecule has 0 amide bonds. The van der Waals surface area contributed by atoms with Gasteiger partial charge in [0.25, 0.3) is 5.89 Å². The summed E-state index contributed by atoms with van der Waals surface area (Å²) in [7, 11) is 0. The SMILES string of the molecule is CC(C)c1ccc(-c2noc(COc3ccccc3F)n2)cc1. The lowest BCUT2D eigenvalue weighted by Gasteiger charge is -2.04. The van der Waals surface area contributed by atoms with Crippen molar-refractivity contribution in [3.63, 3.8) is 0 Å². The molecule has 0 saturated heterocycles. The quantitative estimate of drug-likeness (QED) is 0.692. The minimum absolute atomic E-state index is 0.0258. The molecule has 1 aromatic heterocycles. The number of nitrogens with zero attached hydrogens (tertiary/aromatic N) is 2. The Bertz CT molecular complexity index is 782. The number of para-hydroxylation sites is 1. The first-order chi connectivity index (χ1) is 11.1. The van der Waals surface area contributed by atoms with Crippen molar-refractivity contribution in [1.82, 2.24) is 10.1 Å². The third-order valence-corrected chi connectivity index (χ3v) is 3.49. The molecule has 0 unspecified atom stereocenters. The normalized spacial score (nSPS) is 11.0. The number of hydrogen-bond acceptors (Lipinski definition) is 4. The second kappa shape index (κ2) is 6.60. The average Bonchev–Trinajstić information content (AvgIpc) is 3.03. The fourth-order valence-electron chi connectivity index (χ4n) is 2.15. The molecule has 1 heterocycles. The highest BCUT2D eigenvalue weighted by Gasteiger charge is 2.11. The molecule has 0 aliphatic heterocycles. The summed E-state index contributed by atoms with van der Waals surface area (Å²) < 4.78 is 24.0. The van der Waals surface area contributed by atoms with Gasteiger partial charge in [0.1, 0.15) is 0 Å². The molecule has 0 aliphatic rings. The van der Waals surface area contributed by atoms with Crippen LogP contribution in [0.5, 0.6) is 5.75 Å². The molecule has 118 valence electrons. The second-order valence-electron chi connectivity index (χ2n) is 5.51. The van der Waals surface area contributed by atoms with Gasteiger partial charge in [-0.2, -0.15) is 4.98 Å². The molecule has 4 nitrogen and oxygen atoms in total. The minimum Gasteiger partial charge on any atom is -0.481 e. The Morgan fingerprint density at radius 3 is 2.52 bits per heavy atom. The molecule has 0 radical (unpaired) electrons. The Labute approximate surface area is 133 Å². The predicted octanol–water partition coefficient (Wildman–Crippen LogP) is 4.58. The molecule has 3 rings (SSSR count). The molecule has 23 heavy (non-hydrogen) atoms. The van der Waals surface area contributed by atoms with Crippen LogP contribution in [0.1, 0.15) is 31.2 Å². The largest absolute Gasteiger partial charge is 0.481 e. The molecular weight excluding hydrogens is 295 g/mol. The van der Waals surface area contributed by atoms with Crippen molar-refractivity contribution in [2.45, 2.75) is 26.4 Å². The topological polar surface area (TPSA) is 48.2 Å². The zero-order valence-corrected chi connectivity index (χ0v) is 13.0. The van der Waals surface area contributed by atoms with Crippen molar-refractivity contribution in [3.8, 4) is 17.1 Å². The standard InChI is InChI=1S/C18H17FN2O2/c1-12(2)13-7-9-14(10-8-13)18-20-17(23-21-18)11-22-16-6-4-3-5-15(16)19/h3-10,12H,11H2,1-2H3. The Morgan fingerprint density at radius 1 is 1.09 bits per heavy atom. The van der Waals surface area contributed by atoms with E-state index in [0.717, 1.165) is 5.56 Å². The summed E-state index contributed by atoms with van der Waals surface area (Å²) in [5, 5.41) is 3.94. The molecule has 2 aromatic carbocycles. The van der Waals surface area contributed by atoms with Gasteiger partial charge >= 0.3 is 0 Å². The Kier molecular flexibility index (Phi) is 4.37. The predicted molar refractivity (Wildman–Crippen MR) is 84.6 cm³/mol. The van der Waals surface area contributed by atoms with E-state index in [-0.39, 0.29) is 12.4 Å². The van der Waals surface area contributed by atoms with E-state index in [4.69, 9.17) is 9.26 Å². The summed E-state index contributed by atoms with van der Waals surface area (Å²) in [4.78, 5) is 4.27. The van der Waals surface area contributed by atoms with Gasteiger partial charge in [0.05, 0.1) is 0 Å². The van der Waals surface area contributed by atoms with Gasteiger partial charge in [-0.1, -0.05) is 55.4 Å². The maximum Gasteiger partial charge on any atom is 0.264 e. The molecule has 0 fully saturated rings.